The number of anilines is 2. The molecular formula is C12H17N5S. The van der Waals surface area contributed by atoms with Crippen LogP contribution in [0.4, 0.5) is 11.6 Å². The lowest BCUT2D eigenvalue weighted by Crippen LogP contribution is -2.10. The zero-order valence-electron chi connectivity index (χ0n) is 11.0. The van der Waals surface area contributed by atoms with Gasteiger partial charge in [0.2, 0.25) is 0 Å². The van der Waals surface area contributed by atoms with E-state index in [1.807, 2.05) is 20.8 Å². The van der Waals surface area contributed by atoms with E-state index in [1.54, 1.807) is 11.3 Å². The quantitative estimate of drug-likeness (QED) is 0.890. The van der Waals surface area contributed by atoms with Crippen LogP contribution < -0.4 is 11.1 Å². The lowest BCUT2D eigenvalue weighted by atomic mass is 10.2. The lowest BCUT2D eigenvalue weighted by molar-refractivity contribution is 0.874. The fourth-order valence-electron chi connectivity index (χ4n) is 1.83. The van der Waals surface area contributed by atoms with Crippen LogP contribution in [-0.4, -0.2) is 15.0 Å². The summed E-state index contributed by atoms with van der Waals surface area (Å²) in [5, 5.41) is 4.44. The van der Waals surface area contributed by atoms with Crippen LogP contribution in [0.5, 0.6) is 0 Å². The van der Waals surface area contributed by atoms with Crippen LogP contribution >= 0.6 is 11.3 Å². The van der Waals surface area contributed by atoms with E-state index < -0.39 is 0 Å². The predicted octanol–water partition coefficient (Wildman–Crippen LogP) is 2.61. The number of aryl methyl sites for hydroxylation is 2. The molecule has 0 aliphatic carbocycles. The van der Waals surface area contributed by atoms with Gasteiger partial charge >= 0.3 is 0 Å². The number of nitrogens with zero attached hydrogens (tertiary/aromatic N) is 3. The summed E-state index contributed by atoms with van der Waals surface area (Å²) in [4.78, 5) is 13.8. The zero-order chi connectivity index (χ0) is 13.3. The molecule has 18 heavy (non-hydrogen) atoms. The highest BCUT2D eigenvalue weighted by molar-refractivity contribution is 7.11. The number of thiazole rings is 1. The number of hydrogen-bond donors (Lipinski definition) is 2. The Labute approximate surface area is 111 Å². The van der Waals surface area contributed by atoms with Gasteiger partial charge in [-0.15, -0.1) is 11.3 Å². The van der Waals surface area contributed by atoms with Crippen LogP contribution in [0, 0.1) is 20.8 Å². The highest BCUT2D eigenvalue weighted by Gasteiger charge is 2.14. The monoisotopic (exact) mass is 263 g/mol. The van der Waals surface area contributed by atoms with E-state index in [2.05, 4.69) is 27.2 Å². The van der Waals surface area contributed by atoms with Gasteiger partial charge in [0.05, 0.1) is 16.7 Å². The van der Waals surface area contributed by atoms with Crippen molar-refractivity contribution < 1.29 is 0 Å². The molecule has 0 bridgehead atoms. The van der Waals surface area contributed by atoms with Crippen molar-refractivity contribution in [1.82, 2.24) is 15.0 Å². The van der Waals surface area contributed by atoms with Crippen molar-refractivity contribution in [1.29, 1.82) is 0 Å². The van der Waals surface area contributed by atoms with Gasteiger partial charge < -0.3 is 11.1 Å². The molecule has 2 rings (SSSR count). The highest BCUT2D eigenvalue weighted by atomic mass is 32.1. The molecule has 0 aliphatic heterocycles. The minimum atomic E-state index is 0.157. The molecule has 2 aromatic rings. The molecule has 0 saturated heterocycles. The average Bonchev–Trinajstić information content (AvgIpc) is 2.64. The molecule has 2 aromatic heterocycles. The number of rotatable bonds is 3. The molecule has 5 nitrogen and oxygen atoms in total. The Morgan fingerprint density at radius 1 is 1.28 bits per heavy atom. The molecule has 0 aliphatic rings. The number of nitrogens with two attached hydrogens (primary N) is 1. The van der Waals surface area contributed by atoms with Crippen LogP contribution in [0.25, 0.3) is 0 Å². The van der Waals surface area contributed by atoms with Gasteiger partial charge in [-0.05, 0) is 27.7 Å². The van der Waals surface area contributed by atoms with Crippen molar-refractivity contribution in [3.63, 3.8) is 0 Å². The average molecular weight is 263 g/mol. The third kappa shape index (κ3) is 2.43. The van der Waals surface area contributed by atoms with Crippen LogP contribution in [-0.2, 0) is 0 Å². The van der Waals surface area contributed by atoms with Gasteiger partial charge in [0.15, 0.2) is 0 Å². The Morgan fingerprint density at radius 3 is 2.61 bits per heavy atom. The van der Waals surface area contributed by atoms with Gasteiger partial charge in [0.25, 0.3) is 0 Å². The molecule has 1 atom stereocenters. The first kappa shape index (κ1) is 12.8. The summed E-state index contributed by atoms with van der Waals surface area (Å²) < 4.78 is 0. The summed E-state index contributed by atoms with van der Waals surface area (Å²) in [7, 11) is 0. The van der Waals surface area contributed by atoms with Crippen LogP contribution in [0.2, 0.25) is 0 Å². The second kappa shape index (κ2) is 4.89. The minimum Gasteiger partial charge on any atom is -0.383 e. The van der Waals surface area contributed by atoms with E-state index in [0.29, 0.717) is 5.82 Å². The van der Waals surface area contributed by atoms with Crippen LogP contribution in [0.3, 0.4) is 0 Å². The molecule has 0 spiro atoms. The largest absolute Gasteiger partial charge is 0.383 e. The van der Waals surface area contributed by atoms with Crippen molar-refractivity contribution in [3.8, 4) is 0 Å². The fourth-order valence-corrected chi connectivity index (χ4v) is 2.76. The molecule has 0 aromatic carbocycles. The molecule has 3 N–H and O–H groups in total. The molecule has 1 unspecified atom stereocenters. The molecular weight excluding hydrogens is 246 g/mol. The van der Waals surface area contributed by atoms with Crippen molar-refractivity contribution in [2.75, 3.05) is 11.1 Å². The van der Waals surface area contributed by atoms with E-state index in [0.717, 1.165) is 22.1 Å². The Kier molecular flexibility index (Phi) is 3.47. The molecule has 0 amide bonds. The van der Waals surface area contributed by atoms with E-state index in [4.69, 9.17) is 5.73 Å². The zero-order valence-corrected chi connectivity index (χ0v) is 11.8. The van der Waals surface area contributed by atoms with E-state index >= 15 is 0 Å². The first-order valence-electron chi connectivity index (χ1n) is 5.76. The molecule has 0 saturated carbocycles. The van der Waals surface area contributed by atoms with Gasteiger partial charge in [-0.2, -0.15) is 0 Å². The van der Waals surface area contributed by atoms with Crippen molar-refractivity contribution in [3.05, 3.63) is 27.5 Å². The van der Waals surface area contributed by atoms with Crippen molar-refractivity contribution in [2.45, 2.75) is 33.7 Å². The molecule has 96 valence electrons. The summed E-state index contributed by atoms with van der Waals surface area (Å²) in [6, 6.07) is 0.157. The molecule has 0 fully saturated rings. The van der Waals surface area contributed by atoms with E-state index in [-0.39, 0.29) is 6.04 Å². The fraction of sp³-hybridized carbons (Fsp3) is 0.417. The van der Waals surface area contributed by atoms with Gasteiger partial charge in [-0.3, -0.25) is 0 Å². The summed E-state index contributed by atoms with van der Waals surface area (Å²) in [5.74, 6) is 1.29. The normalized spacial score (nSPS) is 12.4. The van der Waals surface area contributed by atoms with Gasteiger partial charge in [0, 0.05) is 10.4 Å². The van der Waals surface area contributed by atoms with Gasteiger partial charge in [-0.25, -0.2) is 15.0 Å². The number of aromatic nitrogens is 3. The maximum atomic E-state index is 5.77. The topological polar surface area (TPSA) is 76.7 Å². The SMILES string of the molecule is Cc1nc(C)c(C(C)Nc2ncnc(N)c2C)s1. The summed E-state index contributed by atoms with van der Waals surface area (Å²) in [5.41, 5.74) is 7.71. The standard InChI is InChI=1S/C12H17N5S/c1-6-11(13)14-5-15-12(6)17-8(3)10-7(2)16-9(4)18-10/h5,8H,1-4H3,(H3,13,14,15,17). The van der Waals surface area contributed by atoms with Crippen molar-refractivity contribution in [2.24, 2.45) is 0 Å². The second-order valence-electron chi connectivity index (χ2n) is 4.28. The van der Waals surface area contributed by atoms with E-state index in [1.165, 1.54) is 11.2 Å². The van der Waals surface area contributed by atoms with Crippen LogP contribution in [0.15, 0.2) is 6.33 Å². The molecule has 2 heterocycles. The molecule has 0 radical (unpaired) electrons. The first-order valence-corrected chi connectivity index (χ1v) is 6.58. The Hall–Kier alpha value is -1.69. The molecule has 6 heteroatoms. The Balaban J connectivity index is 2.24. The Morgan fingerprint density at radius 2 is 2.00 bits per heavy atom. The third-order valence-electron chi connectivity index (χ3n) is 2.81. The van der Waals surface area contributed by atoms with Crippen molar-refractivity contribution >= 4 is 23.0 Å². The lowest BCUT2D eigenvalue weighted by Gasteiger charge is -2.15. The van der Waals surface area contributed by atoms with Crippen LogP contribution in [0.1, 0.15) is 34.1 Å². The summed E-state index contributed by atoms with van der Waals surface area (Å²) in [6.07, 6.45) is 1.47. The minimum absolute atomic E-state index is 0.157. The second-order valence-corrected chi connectivity index (χ2v) is 5.52. The van der Waals surface area contributed by atoms with Gasteiger partial charge in [0.1, 0.15) is 18.0 Å². The first-order chi connectivity index (χ1) is 8.49. The number of nitrogen functional groups attached to an aromatic ring is 1. The van der Waals surface area contributed by atoms with E-state index in [9.17, 15) is 0 Å². The Bertz CT molecular complexity index is 564. The summed E-state index contributed by atoms with van der Waals surface area (Å²) >= 11 is 1.70. The smallest absolute Gasteiger partial charge is 0.134 e. The maximum Gasteiger partial charge on any atom is 0.134 e. The number of nitrogens with one attached hydrogen (secondary N) is 1. The predicted molar refractivity (Wildman–Crippen MR) is 74.8 cm³/mol. The maximum absolute atomic E-state index is 5.77. The number of hydrogen-bond acceptors (Lipinski definition) is 6. The summed E-state index contributed by atoms with van der Waals surface area (Å²) in [6.45, 7) is 8.05. The highest BCUT2D eigenvalue weighted by Crippen LogP contribution is 2.28. The third-order valence-corrected chi connectivity index (χ3v) is 4.06. The van der Waals surface area contributed by atoms with Gasteiger partial charge in [-0.1, -0.05) is 0 Å².